The normalized spacial score (nSPS) is 19.7. The summed E-state index contributed by atoms with van der Waals surface area (Å²) in [5.41, 5.74) is -0.443. The molecule has 156 valence electrons. The van der Waals surface area contributed by atoms with E-state index < -0.39 is 5.60 Å². The number of carbonyl (C=O) groups is 1. The number of rotatable bonds is 10. The summed E-state index contributed by atoms with van der Waals surface area (Å²) >= 11 is 0. The van der Waals surface area contributed by atoms with E-state index in [1.54, 1.807) is 0 Å². The second-order valence-electron chi connectivity index (χ2n) is 8.99. The fraction of sp³-hybridized carbons (Fsp3) is 0.875. The maximum Gasteiger partial charge on any atom is 0.410 e. The molecule has 0 saturated carbocycles. The highest BCUT2D eigenvalue weighted by molar-refractivity contribution is 5.69. The van der Waals surface area contributed by atoms with Crippen LogP contribution in [0.5, 0.6) is 0 Å². The minimum absolute atomic E-state index is 0.143. The summed E-state index contributed by atoms with van der Waals surface area (Å²) in [6, 6.07) is 0.548. The summed E-state index contributed by atoms with van der Waals surface area (Å²) in [5, 5.41) is 0. The van der Waals surface area contributed by atoms with Crippen LogP contribution < -0.4 is 0 Å². The monoisotopic (exact) mass is 377 g/mol. The summed E-state index contributed by atoms with van der Waals surface area (Å²) in [7, 11) is 0. The molecule has 0 aromatic rings. The van der Waals surface area contributed by atoms with Crippen molar-refractivity contribution in [3.05, 3.63) is 0 Å². The molecule has 0 aliphatic carbocycles. The molecule has 1 aliphatic rings. The molecule has 0 bridgehead atoms. The van der Waals surface area contributed by atoms with Crippen LogP contribution in [-0.4, -0.2) is 28.7 Å². The Labute approximate surface area is 168 Å². The van der Waals surface area contributed by atoms with Crippen LogP contribution in [0.2, 0.25) is 0 Å². The van der Waals surface area contributed by atoms with E-state index >= 15 is 0 Å². The Kier molecular flexibility index (Phi) is 11.6. The molecular formula is C24H43NO2. The van der Waals surface area contributed by atoms with Crippen LogP contribution in [-0.2, 0) is 4.74 Å². The third-order valence-electron chi connectivity index (χ3n) is 5.23. The number of carbonyl (C=O) groups excluding carboxylic acids is 1. The molecule has 0 radical (unpaired) electrons. The lowest BCUT2D eigenvalue weighted by molar-refractivity contribution is 0.0141. The smallest absolute Gasteiger partial charge is 0.410 e. The van der Waals surface area contributed by atoms with Gasteiger partial charge >= 0.3 is 6.09 Å². The minimum Gasteiger partial charge on any atom is -0.444 e. The van der Waals surface area contributed by atoms with Crippen LogP contribution in [0.1, 0.15) is 118 Å². The predicted molar refractivity (Wildman–Crippen MR) is 115 cm³/mol. The summed E-state index contributed by atoms with van der Waals surface area (Å²) in [6.07, 6.45) is 14.9. The van der Waals surface area contributed by atoms with Gasteiger partial charge in [0.1, 0.15) is 5.60 Å². The lowest BCUT2D eigenvalue weighted by atomic mass is 10.1. The first kappa shape index (κ1) is 23.9. The van der Waals surface area contributed by atoms with Gasteiger partial charge in [0, 0.05) is 24.9 Å². The van der Waals surface area contributed by atoms with E-state index in [0.717, 1.165) is 32.1 Å². The van der Waals surface area contributed by atoms with E-state index in [9.17, 15) is 4.79 Å². The Hall–Kier alpha value is -1.17. The first-order valence-electron chi connectivity index (χ1n) is 11.4. The fourth-order valence-corrected chi connectivity index (χ4v) is 3.78. The number of nitrogens with zero attached hydrogens (tertiary/aromatic N) is 1. The van der Waals surface area contributed by atoms with Crippen molar-refractivity contribution in [1.82, 2.24) is 4.90 Å². The molecule has 0 unspecified atom stereocenters. The largest absolute Gasteiger partial charge is 0.444 e. The van der Waals surface area contributed by atoms with E-state index in [0.29, 0.717) is 6.04 Å². The maximum atomic E-state index is 12.8. The van der Waals surface area contributed by atoms with Crippen LogP contribution in [0, 0.1) is 11.8 Å². The van der Waals surface area contributed by atoms with Crippen molar-refractivity contribution in [3.8, 4) is 11.8 Å². The van der Waals surface area contributed by atoms with Crippen LogP contribution >= 0.6 is 0 Å². The van der Waals surface area contributed by atoms with Crippen molar-refractivity contribution in [2.75, 3.05) is 0 Å². The minimum atomic E-state index is -0.443. The molecule has 2 atom stereocenters. The van der Waals surface area contributed by atoms with Gasteiger partial charge < -0.3 is 9.64 Å². The summed E-state index contributed by atoms with van der Waals surface area (Å²) in [6.45, 7) is 10.3. The molecule has 1 rings (SSSR count). The number of ether oxygens (including phenoxy) is 1. The third-order valence-corrected chi connectivity index (χ3v) is 5.23. The average Bonchev–Trinajstić information content (AvgIpc) is 2.99. The van der Waals surface area contributed by atoms with Crippen molar-refractivity contribution < 1.29 is 9.53 Å². The maximum absolute atomic E-state index is 12.8. The van der Waals surface area contributed by atoms with E-state index in [-0.39, 0.29) is 12.1 Å². The molecule has 0 spiro atoms. The zero-order valence-corrected chi connectivity index (χ0v) is 18.6. The zero-order chi connectivity index (χ0) is 20.1. The molecule has 1 amide bonds. The highest BCUT2D eigenvalue weighted by Gasteiger charge is 2.38. The van der Waals surface area contributed by atoms with Gasteiger partial charge in [-0.05, 0) is 46.5 Å². The Bertz CT molecular complexity index is 469. The predicted octanol–water partition coefficient (Wildman–Crippen LogP) is 7.09. The van der Waals surface area contributed by atoms with Crippen LogP contribution in [0.25, 0.3) is 0 Å². The topological polar surface area (TPSA) is 29.5 Å². The highest BCUT2D eigenvalue weighted by Crippen LogP contribution is 2.31. The lowest BCUT2D eigenvalue weighted by Crippen LogP contribution is -2.44. The second-order valence-corrected chi connectivity index (χ2v) is 8.99. The Balaban J connectivity index is 2.60. The third kappa shape index (κ3) is 10.1. The Morgan fingerprint density at radius 3 is 2.19 bits per heavy atom. The number of amides is 1. The molecule has 1 saturated heterocycles. The van der Waals surface area contributed by atoms with E-state index in [2.05, 4.69) is 25.7 Å². The van der Waals surface area contributed by atoms with Crippen LogP contribution in [0.3, 0.4) is 0 Å². The lowest BCUT2D eigenvalue weighted by Gasteiger charge is -2.32. The van der Waals surface area contributed by atoms with Gasteiger partial charge in [0.25, 0.3) is 0 Å². The van der Waals surface area contributed by atoms with Gasteiger partial charge in [-0.3, -0.25) is 0 Å². The van der Waals surface area contributed by atoms with E-state index in [4.69, 9.17) is 4.74 Å². The SMILES string of the molecule is CCCCCCC#CC[C@H]1CC[C@@H](CCCCCC)N1C(=O)OC(C)(C)C. The molecule has 27 heavy (non-hydrogen) atoms. The fourth-order valence-electron chi connectivity index (χ4n) is 3.78. The molecule has 3 heteroatoms. The van der Waals surface area contributed by atoms with Crippen LogP contribution in [0.4, 0.5) is 4.79 Å². The van der Waals surface area contributed by atoms with Gasteiger partial charge in [-0.15, -0.1) is 11.8 Å². The molecular weight excluding hydrogens is 334 g/mol. The summed E-state index contributed by atoms with van der Waals surface area (Å²) < 4.78 is 5.72. The quantitative estimate of drug-likeness (QED) is 0.300. The van der Waals surface area contributed by atoms with Crippen molar-refractivity contribution in [2.24, 2.45) is 0 Å². The number of likely N-dealkylation sites (tertiary alicyclic amines) is 1. The zero-order valence-electron chi connectivity index (χ0n) is 18.6. The van der Waals surface area contributed by atoms with Crippen molar-refractivity contribution in [2.45, 2.75) is 136 Å². The average molecular weight is 378 g/mol. The van der Waals surface area contributed by atoms with Gasteiger partial charge in [0.2, 0.25) is 0 Å². The molecule has 1 aliphatic heterocycles. The van der Waals surface area contributed by atoms with Crippen molar-refractivity contribution >= 4 is 6.09 Å². The highest BCUT2D eigenvalue weighted by atomic mass is 16.6. The molecule has 0 aromatic heterocycles. The van der Waals surface area contributed by atoms with Crippen molar-refractivity contribution in [1.29, 1.82) is 0 Å². The summed E-state index contributed by atoms with van der Waals surface area (Å²) in [4.78, 5) is 14.9. The van der Waals surface area contributed by atoms with Crippen LogP contribution in [0.15, 0.2) is 0 Å². The standard InChI is InChI=1S/C24H43NO2/c1-6-8-10-12-13-14-16-18-22-20-19-21(17-15-11-9-7-2)25(22)23(26)27-24(3,4)5/h21-22H,6-13,15,17-20H2,1-5H3/t21-,22+/m1/s1. The second kappa shape index (κ2) is 13.1. The number of hydrogen-bond acceptors (Lipinski definition) is 2. The van der Waals surface area contributed by atoms with Gasteiger partial charge in [0.05, 0.1) is 0 Å². The van der Waals surface area contributed by atoms with Gasteiger partial charge in [-0.1, -0.05) is 58.8 Å². The van der Waals surface area contributed by atoms with E-state index in [1.807, 2.05) is 25.7 Å². The molecule has 3 nitrogen and oxygen atoms in total. The first-order chi connectivity index (χ1) is 12.9. The molecule has 0 N–H and O–H groups in total. The van der Waals surface area contributed by atoms with Crippen molar-refractivity contribution in [3.63, 3.8) is 0 Å². The van der Waals surface area contributed by atoms with Gasteiger partial charge in [-0.2, -0.15) is 0 Å². The van der Waals surface area contributed by atoms with E-state index in [1.165, 1.54) is 51.4 Å². The number of hydrogen-bond donors (Lipinski definition) is 0. The molecule has 0 aromatic carbocycles. The Morgan fingerprint density at radius 1 is 0.926 bits per heavy atom. The first-order valence-corrected chi connectivity index (χ1v) is 11.4. The molecule has 1 fully saturated rings. The number of unbranched alkanes of at least 4 members (excludes halogenated alkanes) is 7. The molecule has 1 heterocycles. The summed E-state index contributed by atoms with van der Waals surface area (Å²) in [5.74, 6) is 6.67. The van der Waals surface area contributed by atoms with Gasteiger partial charge in [0.15, 0.2) is 0 Å². The Morgan fingerprint density at radius 2 is 1.56 bits per heavy atom. The van der Waals surface area contributed by atoms with Gasteiger partial charge in [-0.25, -0.2) is 4.79 Å².